The standard InChI is InChI=1S/C27H41BrO5/c1-15(5-8-22(30)31-4)18-6-7-19-23-20(10-11-26(18,19)3)27-12-9-17(33-16(2)29)13-21(27)25(24(23)28)32-14-27/h15,17-21,23-25H,5-14H2,1-4H3/t15-,17-,18-,19+,20+,21+,23+,24+,25+,26-,27+/m1/s1. The summed E-state index contributed by atoms with van der Waals surface area (Å²) < 4.78 is 17.1. The van der Waals surface area contributed by atoms with Crippen LogP contribution >= 0.6 is 15.9 Å². The van der Waals surface area contributed by atoms with Crippen LogP contribution in [0.25, 0.3) is 0 Å². The van der Waals surface area contributed by atoms with Crippen LogP contribution in [0.15, 0.2) is 0 Å². The van der Waals surface area contributed by atoms with Crippen LogP contribution in [-0.2, 0) is 23.8 Å². The maximum Gasteiger partial charge on any atom is 0.305 e. The number of fused-ring (bicyclic) bond motifs is 3. The average molecular weight is 526 g/mol. The maximum atomic E-state index is 11.7. The van der Waals surface area contributed by atoms with Crippen LogP contribution in [0.3, 0.4) is 0 Å². The second-order valence-corrected chi connectivity index (χ2v) is 13.2. The van der Waals surface area contributed by atoms with Gasteiger partial charge in [0.25, 0.3) is 0 Å². The minimum Gasteiger partial charge on any atom is -0.469 e. The van der Waals surface area contributed by atoms with Gasteiger partial charge in [-0.25, -0.2) is 0 Å². The zero-order chi connectivity index (χ0) is 23.5. The Bertz CT molecular complexity index is 786. The number of esters is 2. The summed E-state index contributed by atoms with van der Waals surface area (Å²) in [6.45, 7) is 7.34. The number of alkyl halides is 1. The number of hydrogen-bond donors (Lipinski definition) is 0. The third kappa shape index (κ3) is 3.72. The van der Waals surface area contributed by atoms with Crippen LogP contribution in [0.1, 0.15) is 78.6 Å². The van der Waals surface area contributed by atoms with E-state index in [0.717, 1.165) is 38.2 Å². The largest absolute Gasteiger partial charge is 0.469 e. The summed E-state index contributed by atoms with van der Waals surface area (Å²) in [6.07, 6.45) is 10.00. The van der Waals surface area contributed by atoms with E-state index < -0.39 is 0 Å². The van der Waals surface area contributed by atoms with Crippen LogP contribution < -0.4 is 0 Å². The molecule has 1 heterocycles. The molecule has 5 fully saturated rings. The van der Waals surface area contributed by atoms with E-state index in [4.69, 9.17) is 14.2 Å². The molecule has 186 valence electrons. The zero-order valence-corrected chi connectivity index (χ0v) is 22.3. The third-order valence-corrected chi connectivity index (χ3v) is 12.1. The molecule has 0 aromatic rings. The molecule has 0 aromatic carbocycles. The molecular formula is C27H41BrO5. The molecule has 0 spiro atoms. The van der Waals surface area contributed by atoms with E-state index in [9.17, 15) is 9.59 Å². The van der Waals surface area contributed by atoms with Crippen LogP contribution in [0.5, 0.6) is 0 Å². The van der Waals surface area contributed by atoms with Crippen LogP contribution in [-0.4, -0.2) is 42.7 Å². The molecule has 5 nitrogen and oxygen atoms in total. The lowest BCUT2D eigenvalue weighted by Crippen LogP contribution is -2.60. The summed E-state index contributed by atoms with van der Waals surface area (Å²) in [7, 11) is 1.49. The van der Waals surface area contributed by atoms with Crippen LogP contribution in [0.4, 0.5) is 0 Å². The Balaban J connectivity index is 1.36. The molecule has 4 saturated carbocycles. The maximum absolute atomic E-state index is 11.7. The molecule has 2 bridgehead atoms. The number of rotatable bonds is 5. The molecule has 0 radical (unpaired) electrons. The van der Waals surface area contributed by atoms with Crippen molar-refractivity contribution in [3.8, 4) is 0 Å². The fourth-order valence-electron chi connectivity index (χ4n) is 9.63. The lowest BCUT2D eigenvalue weighted by atomic mass is 9.44. The van der Waals surface area contributed by atoms with E-state index >= 15 is 0 Å². The van der Waals surface area contributed by atoms with Crippen molar-refractivity contribution < 1.29 is 23.8 Å². The van der Waals surface area contributed by atoms with Gasteiger partial charge in [-0.3, -0.25) is 9.59 Å². The normalized spacial score (nSPS) is 48.9. The average Bonchev–Trinajstić information content (AvgIpc) is 3.30. The number of carbonyl (C=O) groups excluding carboxylic acids is 2. The number of carbonyl (C=O) groups is 2. The summed E-state index contributed by atoms with van der Waals surface area (Å²) in [5.74, 6) is 3.58. The molecule has 5 aliphatic rings. The summed E-state index contributed by atoms with van der Waals surface area (Å²) in [6, 6.07) is 0. The lowest BCUT2D eigenvalue weighted by Gasteiger charge is -2.61. The van der Waals surface area contributed by atoms with Gasteiger partial charge in [0.15, 0.2) is 0 Å². The molecule has 1 aliphatic heterocycles. The van der Waals surface area contributed by atoms with Gasteiger partial charge in [-0.05, 0) is 92.3 Å². The molecule has 1 saturated heterocycles. The number of hydrogen-bond acceptors (Lipinski definition) is 5. The van der Waals surface area contributed by atoms with E-state index in [1.807, 2.05) is 0 Å². The summed E-state index contributed by atoms with van der Waals surface area (Å²) in [5.41, 5.74) is 0.618. The fraction of sp³-hybridized carbons (Fsp3) is 0.926. The van der Waals surface area contributed by atoms with Crippen LogP contribution in [0.2, 0.25) is 0 Å². The quantitative estimate of drug-likeness (QED) is 0.349. The highest BCUT2D eigenvalue weighted by Gasteiger charge is 2.69. The molecule has 0 N–H and O–H groups in total. The molecule has 4 aliphatic carbocycles. The highest BCUT2D eigenvalue weighted by Crippen LogP contribution is 2.71. The van der Waals surface area contributed by atoms with E-state index in [1.54, 1.807) is 0 Å². The van der Waals surface area contributed by atoms with Gasteiger partial charge in [-0.2, -0.15) is 0 Å². The molecule has 33 heavy (non-hydrogen) atoms. The van der Waals surface area contributed by atoms with E-state index in [0.29, 0.717) is 46.3 Å². The highest BCUT2D eigenvalue weighted by molar-refractivity contribution is 9.09. The van der Waals surface area contributed by atoms with Gasteiger partial charge < -0.3 is 14.2 Å². The van der Waals surface area contributed by atoms with Crippen LogP contribution in [0, 0.1) is 46.3 Å². The van der Waals surface area contributed by atoms with E-state index in [2.05, 4.69) is 29.8 Å². The number of methoxy groups -OCH3 is 1. The summed E-state index contributed by atoms with van der Waals surface area (Å²) >= 11 is 4.20. The van der Waals surface area contributed by atoms with Crippen molar-refractivity contribution in [3.05, 3.63) is 0 Å². The topological polar surface area (TPSA) is 61.8 Å². The van der Waals surface area contributed by atoms with Gasteiger partial charge >= 0.3 is 11.9 Å². The molecule has 6 heteroatoms. The summed E-state index contributed by atoms with van der Waals surface area (Å²) in [4.78, 5) is 23.7. The van der Waals surface area contributed by atoms with Gasteiger partial charge in [0.1, 0.15) is 6.10 Å². The van der Waals surface area contributed by atoms with Crippen molar-refractivity contribution in [2.45, 2.75) is 95.6 Å². The third-order valence-electron chi connectivity index (χ3n) is 11.0. The van der Waals surface area contributed by atoms with Gasteiger partial charge in [-0.1, -0.05) is 29.8 Å². The first-order chi connectivity index (χ1) is 15.7. The predicted octanol–water partition coefficient (Wildman–Crippen LogP) is 5.53. The van der Waals surface area contributed by atoms with Crippen molar-refractivity contribution in [1.29, 1.82) is 0 Å². The van der Waals surface area contributed by atoms with Crippen molar-refractivity contribution >= 4 is 27.9 Å². The second kappa shape index (κ2) is 8.80. The predicted molar refractivity (Wildman–Crippen MR) is 129 cm³/mol. The Kier molecular flexibility index (Phi) is 6.42. The number of halogens is 1. The van der Waals surface area contributed by atoms with Gasteiger partial charge in [-0.15, -0.1) is 0 Å². The Labute approximate surface area is 207 Å². The first-order valence-corrected chi connectivity index (χ1v) is 14.1. The highest BCUT2D eigenvalue weighted by atomic mass is 79.9. The number of ether oxygens (including phenoxy) is 3. The molecule has 0 amide bonds. The van der Waals surface area contributed by atoms with E-state index in [-0.39, 0.29) is 29.6 Å². The Morgan fingerprint density at radius 2 is 1.91 bits per heavy atom. The minimum absolute atomic E-state index is 0.0569. The summed E-state index contributed by atoms with van der Waals surface area (Å²) in [5, 5.41) is 0. The van der Waals surface area contributed by atoms with Crippen molar-refractivity contribution in [1.82, 2.24) is 0 Å². The first-order valence-electron chi connectivity index (χ1n) is 13.2. The second-order valence-electron chi connectivity index (χ2n) is 12.2. The van der Waals surface area contributed by atoms with Crippen molar-refractivity contribution in [2.75, 3.05) is 13.7 Å². The minimum atomic E-state index is -0.153. The molecule has 11 atom stereocenters. The Morgan fingerprint density at radius 1 is 1.12 bits per heavy atom. The Hall–Kier alpha value is -0.620. The molecule has 0 unspecified atom stereocenters. The van der Waals surface area contributed by atoms with Gasteiger partial charge in [0.2, 0.25) is 0 Å². The van der Waals surface area contributed by atoms with Gasteiger partial charge in [0, 0.05) is 23.6 Å². The molecule has 0 aromatic heterocycles. The lowest BCUT2D eigenvalue weighted by molar-refractivity contribution is -0.157. The SMILES string of the molecule is COC(=O)CC[C@@H](C)[C@H]1CC[C@H]2[C@@H]3[C@H](Br)[C@H]4OC[C@@]5(CC[C@@H](OC(C)=O)C[C@@H]45)[C@H]3CC[C@]12C. The van der Waals surface area contributed by atoms with Gasteiger partial charge in [0.05, 0.1) is 19.8 Å². The monoisotopic (exact) mass is 524 g/mol. The fourth-order valence-corrected chi connectivity index (χ4v) is 10.9. The van der Waals surface area contributed by atoms with E-state index in [1.165, 1.54) is 39.7 Å². The first kappa shape index (κ1) is 24.1. The van der Waals surface area contributed by atoms with Crippen molar-refractivity contribution in [3.63, 3.8) is 0 Å². The Morgan fingerprint density at radius 3 is 2.64 bits per heavy atom. The zero-order valence-electron chi connectivity index (χ0n) is 20.7. The molecular weight excluding hydrogens is 484 g/mol. The van der Waals surface area contributed by atoms with Crippen molar-refractivity contribution in [2.24, 2.45) is 46.3 Å². The molecule has 5 rings (SSSR count). The smallest absolute Gasteiger partial charge is 0.305 e.